The van der Waals surface area contributed by atoms with Crippen molar-refractivity contribution in [1.82, 2.24) is 10.3 Å². The van der Waals surface area contributed by atoms with E-state index in [4.69, 9.17) is 4.74 Å². The first kappa shape index (κ1) is 14.5. The van der Waals surface area contributed by atoms with Gasteiger partial charge < -0.3 is 10.1 Å². The minimum absolute atomic E-state index is 0.428. The van der Waals surface area contributed by atoms with Crippen molar-refractivity contribution >= 4 is 0 Å². The average Bonchev–Trinajstić information content (AvgIpc) is 2.45. The Morgan fingerprint density at radius 1 is 1.32 bits per heavy atom. The van der Waals surface area contributed by atoms with Gasteiger partial charge >= 0.3 is 0 Å². The molecule has 0 aliphatic heterocycles. The van der Waals surface area contributed by atoms with Crippen LogP contribution >= 0.6 is 0 Å². The summed E-state index contributed by atoms with van der Waals surface area (Å²) in [6.45, 7) is 6.95. The van der Waals surface area contributed by atoms with Gasteiger partial charge in [0.2, 0.25) is 0 Å². The Kier molecular flexibility index (Phi) is 5.80. The maximum atomic E-state index is 6.02. The predicted octanol–water partition coefficient (Wildman–Crippen LogP) is 3.29. The smallest absolute Gasteiger partial charge is 0.0891 e. The van der Waals surface area contributed by atoms with Crippen LogP contribution in [-0.4, -0.2) is 17.6 Å². The fourth-order valence-corrected chi connectivity index (χ4v) is 2.64. The first-order valence-electron chi connectivity index (χ1n) is 7.55. The van der Waals surface area contributed by atoms with E-state index < -0.39 is 0 Å². The number of hydrogen-bond donors (Lipinski definition) is 1. The van der Waals surface area contributed by atoms with Gasteiger partial charge in [-0.05, 0) is 36.9 Å². The van der Waals surface area contributed by atoms with E-state index in [0.717, 1.165) is 18.8 Å². The summed E-state index contributed by atoms with van der Waals surface area (Å²) in [5.74, 6) is 0.696. The molecule has 1 saturated carbocycles. The molecular formula is C16H26N2O. The van der Waals surface area contributed by atoms with Gasteiger partial charge in [-0.1, -0.05) is 32.8 Å². The molecule has 1 aromatic heterocycles. The van der Waals surface area contributed by atoms with Gasteiger partial charge in [-0.2, -0.15) is 0 Å². The first-order valence-corrected chi connectivity index (χ1v) is 7.55. The molecule has 1 aliphatic rings. The second-order valence-electron chi connectivity index (χ2n) is 5.55. The zero-order chi connectivity index (χ0) is 13.5. The largest absolute Gasteiger partial charge is 0.372 e. The topological polar surface area (TPSA) is 34.1 Å². The van der Waals surface area contributed by atoms with Crippen molar-refractivity contribution in [2.24, 2.45) is 5.92 Å². The Labute approximate surface area is 116 Å². The molecule has 19 heavy (non-hydrogen) atoms. The van der Waals surface area contributed by atoms with Crippen molar-refractivity contribution in [2.75, 3.05) is 6.54 Å². The van der Waals surface area contributed by atoms with Crippen LogP contribution in [0.2, 0.25) is 0 Å². The molecule has 0 radical (unpaired) electrons. The predicted molar refractivity (Wildman–Crippen MR) is 77.8 cm³/mol. The second-order valence-corrected chi connectivity index (χ2v) is 5.55. The molecule has 106 valence electrons. The third kappa shape index (κ3) is 4.59. The van der Waals surface area contributed by atoms with Crippen LogP contribution in [0.25, 0.3) is 0 Å². The summed E-state index contributed by atoms with van der Waals surface area (Å²) < 4.78 is 6.02. The molecule has 1 aromatic rings. The van der Waals surface area contributed by atoms with E-state index in [-0.39, 0.29) is 0 Å². The number of rotatable bonds is 6. The summed E-state index contributed by atoms with van der Waals surface area (Å²) in [7, 11) is 0. The Bertz CT molecular complexity index is 364. The third-order valence-electron chi connectivity index (χ3n) is 3.94. The number of pyridine rings is 1. The third-order valence-corrected chi connectivity index (χ3v) is 3.94. The minimum atomic E-state index is 0.428. The lowest BCUT2D eigenvalue weighted by Crippen LogP contribution is -2.25. The van der Waals surface area contributed by atoms with Crippen molar-refractivity contribution in [1.29, 1.82) is 0 Å². The monoisotopic (exact) mass is 262 g/mol. The molecule has 2 atom stereocenters. The van der Waals surface area contributed by atoms with E-state index in [1.165, 1.54) is 31.2 Å². The molecule has 3 heteroatoms. The lowest BCUT2D eigenvalue weighted by atomic mass is 9.88. The molecular weight excluding hydrogens is 236 g/mol. The van der Waals surface area contributed by atoms with Gasteiger partial charge in [0.15, 0.2) is 0 Å². The summed E-state index contributed by atoms with van der Waals surface area (Å²) in [5, 5.41) is 3.30. The van der Waals surface area contributed by atoms with Crippen LogP contribution in [0.15, 0.2) is 18.3 Å². The maximum Gasteiger partial charge on any atom is 0.0891 e. The molecule has 1 heterocycles. The van der Waals surface area contributed by atoms with Crippen molar-refractivity contribution in [3.63, 3.8) is 0 Å². The SMILES string of the molecule is CCNCc1ccc(COC2CCCCC2C)nc1. The van der Waals surface area contributed by atoms with Crippen molar-refractivity contribution in [3.8, 4) is 0 Å². The lowest BCUT2D eigenvalue weighted by molar-refractivity contribution is -0.0167. The highest BCUT2D eigenvalue weighted by molar-refractivity contribution is 5.13. The van der Waals surface area contributed by atoms with E-state index in [1.54, 1.807) is 0 Å². The van der Waals surface area contributed by atoms with Gasteiger partial charge in [-0.15, -0.1) is 0 Å². The van der Waals surface area contributed by atoms with Crippen molar-refractivity contribution in [3.05, 3.63) is 29.6 Å². The Balaban J connectivity index is 1.79. The molecule has 1 aliphatic carbocycles. The molecule has 2 unspecified atom stereocenters. The summed E-state index contributed by atoms with van der Waals surface area (Å²) in [6.07, 6.45) is 7.56. The normalized spacial score (nSPS) is 23.5. The summed E-state index contributed by atoms with van der Waals surface area (Å²) >= 11 is 0. The van der Waals surface area contributed by atoms with E-state index in [9.17, 15) is 0 Å². The number of nitrogens with one attached hydrogen (secondary N) is 1. The molecule has 3 nitrogen and oxygen atoms in total. The molecule has 0 saturated heterocycles. The maximum absolute atomic E-state index is 6.02. The zero-order valence-corrected chi connectivity index (χ0v) is 12.2. The van der Waals surface area contributed by atoms with E-state index >= 15 is 0 Å². The quantitative estimate of drug-likeness (QED) is 0.854. The molecule has 0 amide bonds. The van der Waals surface area contributed by atoms with E-state index in [2.05, 4.69) is 36.3 Å². The standard InChI is InChI=1S/C16H26N2O/c1-3-17-10-14-8-9-15(18-11-14)12-19-16-7-5-4-6-13(16)2/h8-9,11,13,16-17H,3-7,10,12H2,1-2H3. The van der Waals surface area contributed by atoms with Crippen LogP contribution in [0.1, 0.15) is 50.8 Å². The number of aromatic nitrogens is 1. The van der Waals surface area contributed by atoms with Crippen molar-refractivity contribution < 1.29 is 4.74 Å². The highest BCUT2D eigenvalue weighted by Gasteiger charge is 2.21. The van der Waals surface area contributed by atoms with Crippen LogP contribution in [0, 0.1) is 5.92 Å². The zero-order valence-electron chi connectivity index (χ0n) is 12.2. The van der Waals surface area contributed by atoms with Crippen LogP contribution in [0.4, 0.5) is 0 Å². The molecule has 0 bridgehead atoms. The number of ether oxygens (including phenoxy) is 1. The van der Waals surface area contributed by atoms with Gasteiger partial charge in [0.25, 0.3) is 0 Å². The van der Waals surface area contributed by atoms with Gasteiger partial charge in [-0.3, -0.25) is 4.98 Å². The van der Waals surface area contributed by atoms with Gasteiger partial charge in [0.05, 0.1) is 18.4 Å². The fourth-order valence-electron chi connectivity index (χ4n) is 2.64. The van der Waals surface area contributed by atoms with Gasteiger partial charge in [-0.25, -0.2) is 0 Å². The average molecular weight is 262 g/mol. The first-order chi connectivity index (χ1) is 9.29. The molecule has 2 rings (SSSR count). The molecule has 1 N–H and O–H groups in total. The highest BCUT2D eigenvalue weighted by Crippen LogP contribution is 2.26. The summed E-state index contributed by atoms with van der Waals surface area (Å²) in [4.78, 5) is 4.48. The molecule has 1 fully saturated rings. The van der Waals surface area contributed by atoms with Gasteiger partial charge in [0.1, 0.15) is 0 Å². The van der Waals surface area contributed by atoms with Crippen molar-refractivity contribution in [2.45, 2.75) is 58.8 Å². The molecule has 0 spiro atoms. The Hall–Kier alpha value is -0.930. The number of nitrogens with zero attached hydrogens (tertiary/aromatic N) is 1. The minimum Gasteiger partial charge on any atom is -0.372 e. The Morgan fingerprint density at radius 2 is 2.16 bits per heavy atom. The summed E-state index contributed by atoms with van der Waals surface area (Å²) in [6, 6.07) is 4.22. The molecule has 0 aromatic carbocycles. The highest BCUT2D eigenvalue weighted by atomic mass is 16.5. The van der Waals surface area contributed by atoms with Crippen LogP contribution in [0.3, 0.4) is 0 Å². The van der Waals surface area contributed by atoms with Crippen LogP contribution in [-0.2, 0) is 17.9 Å². The summed E-state index contributed by atoms with van der Waals surface area (Å²) in [5.41, 5.74) is 2.27. The van der Waals surface area contributed by atoms with Crippen LogP contribution in [0.5, 0.6) is 0 Å². The lowest BCUT2D eigenvalue weighted by Gasteiger charge is -2.28. The second kappa shape index (κ2) is 7.61. The van der Waals surface area contributed by atoms with E-state index in [0.29, 0.717) is 18.6 Å². The number of hydrogen-bond acceptors (Lipinski definition) is 3. The van der Waals surface area contributed by atoms with Crippen LogP contribution < -0.4 is 5.32 Å². The Morgan fingerprint density at radius 3 is 2.84 bits per heavy atom. The van der Waals surface area contributed by atoms with E-state index in [1.807, 2.05) is 6.20 Å². The fraction of sp³-hybridized carbons (Fsp3) is 0.688. The van der Waals surface area contributed by atoms with Gasteiger partial charge in [0, 0.05) is 12.7 Å².